The maximum atomic E-state index is 12.9. The fourth-order valence-corrected chi connectivity index (χ4v) is 5.40. The Balaban J connectivity index is 1.54. The maximum Gasteiger partial charge on any atom is 0.255 e. The van der Waals surface area contributed by atoms with Gasteiger partial charge in [-0.15, -0.1) is 0 Å². The summed E-state index contributed by atoms with van der Waals surface area (Å²) in [6.45, 7) is 0.482. The first-order valence-corrected chi connectivity index (χ1v) is 14.2. The molecule has 0 fully saturated rings. The van der Waals surface area contributed by atoms with Gasteiger partial charge in [0.2, 0.25) is 5.91 Å². The van der Waals surface area contributed by atoms with Crippen LogP contribution < -0.4 is 25.1 Å². The Morgan fingerprint density at radius 3 is 2.62 bits per heavy atom. The Labute approximate surface area is 253 Å². The van der Waals surface area contributed by atoms with E-state index in [2.05, 4.69) is 15.7 Å². The number of hydrogen-bond donors (Lipinski definition) is 2. The van der Waals surface area contributed by atoms with E-state index in [4.69, 9.17) is 21.1 Å². The number of hydrazone groups is 1. The predicted octanol–water partition coefficient (Wildman–Crippen LogP) is 6.22. The monoisotopic (exact) mass is 615 g/mol. The molecular formula is C30H32ClF2N5O3S. The molecule has 1 aliphatic rings. The summed E-state index contributed by atoms with van der Waals surface area (Å²) in [5.74, 6) is 1.21. The van der Waals surface area contributed by atoms with Crippen LogP contribution in [0.25, 0.3) is 0 Å². The minimum Gasteiger partial charge on any atom is -0.497 e. The number of carbonyl (C=O) groups excluding carboxylic acids is 1. The van der Waals surface area contributed by atoms with E-state index in [1.54, 1.807) is 37.4 Å². The largest absolute Gasteiger partial charge is 0.497 e. The van der Waals surface area contributed by atoms with Crippen LogP contribution in [-0.2, 0) is 17.8 Å². The topological polar surface area (TPSA) is 78.4 Å². The number of methoxy groups -OCH3 is 2. The fraction of sp³-hybridized carbons (Fsp3) is 0.267. The Kier molecular flexibility index (Phi) is 11.0. The van der Waals surface area contributed by atoms with E-state index in [0.717, 1.165) is 21.7 Å². The van der Waals surface area contributed by atoms with Crippen molar-refractivity contribution in [2.45, 2.75) is 24.3 Å². The van der Waals surface area contributed by atoms with Crippen molar-refractivity contribution < 1.29 is 23.0 Å². The minimum absolute atomic E-state index is 0.136. The van der Waals surface area contributed by atoms with Gasteiger partial charge in [0.05, 0.1) is 56.2 Å². The number of alkyl halides is 2. The average molecular weight is 616 g/mol. The lowest BCUT2D eigenvalue weighted by atomic mass is 10.1. The molecule has 0 radical (unpaired) electrons. The first-order valence-electron chi connectivity index (χ1n) is 13.1. The SMILES string of the molecule is COc1ccc(CN(C)Sc2cc(NC(=O)Cc3ccccc3Cl)ccc2N2CC=C(NCC(F)F)C=N2)c(OC)c1. The van der Waals surface area contributed by atoms with Crippen LogP contribution in [0.3, 0.4) is 0 Å². The van der Waals surface area contributed by atoms with Crippen molar-refractivity contribution in [3.8, 4) is 11.5 Å². The molecule has 222 valence electrons. The third kappa shape index (κ3) is 8.60. The Morgan fingerprint density at radius 1 is 1.12 bits per heavy atom. The quantitative estimate of drug-likeness (QED) is 0.221. The Hall–Kier alpha value is -3.80. The van der Waals surface area contributed by atoms with Gasteiger partial charge in [0.15, 0.2) is 0 Å². The molecule has 42 heavy (non-hydrogen) atoms. The molecule has 0 unspecified atom stereocenters. The highest BCUT2D eigenvalue weighted by atomic mass is 35.5. The second-order valence-electron chi connectivity index (χ2n) is 9.31. The van der Waals surface area contributed by atoms with Crippen molar-refractivity contribution >= 4 is 47.0 Å². The van der Waals surface area contributed by atoms with Crippen LogP contribution in [0.5, 0.6) is 11.5 Å². The number of benzene rings is 3. The molecule has 4 rings (SSSR count). The summed E-state index contributed by atoms with van der Waals surface area (Å²) in [4.78, 5) is 13.7. The molecule has 0 saturated heterocycles. The van der Waals surface area contributed by atoms with Crippen LogP contribution >= 0.6 is 23.5 Å². The number of nitrogens with zero attached hydrogens (tertiary/aromatic N) is 3. The number of ether oxygens (including phenoxy) is 2. The van der Waals surface area contributed by atoms with Gasteiger partial charge < -0.3 is 20.1 Å². The summed E-state index contributed by atoms with van der Waals surface area (Å²) in [5.41, 5.74) is 3.64. The summed E-state index contributed by atoms with van der Waals surface area (Å²) >= 11 is 7.71. The van der Waals surface area contributed by atoms with Gasteiger partial charge in [0, 0.05) is 28.9 Å². The zero-order valence-corrected chi connectivity index (χ0v) is 25.0. The van der Waals surface area contributed by atoms with Crippen molar-refractivity contribution in [2.75, 3.05) is 44.7 Å². The van der Waals surface area contributed by atoms with Crippen molar-refractivity contribution in [1.82, 2.24) is 9.62 Å². The number of rotatable bonds is 13. The van der Waals surface area contributed by atoms with Gasteiger partial charge in [-0.3, -0.25) is 9.80 Å². The molecule has 0 atom stereocenters. The molecule has 3 aromatic rings. The number of hydrogen-bond acceptors (Lipinski definition) is 8. The van der Waals surface area contributed by atoms with Gasteiger partial charge >= 0.3 is 0 Å². The molecule has 0 bridgehead atoms. The molecule has 3 aromatic carbocycles. The van der Waals surface area contributed by atoms with E-state index in [9.17, 15) is 13.6 Å². The third-order valence-electron chi connectivity index (χ3n) is 6.25. The number of halogens is 3. The van der Waals surface area contributed by atoms with Crippen LogP contribution in [0.2, 0.25) is 5.02 Å². The molecule has 0 aromatic heterocycles. The zero-order valence-electron chi connectivity index (χ0n) is 23.4. The van der Waals surface area contributed by atoms with E-state index in [1.807, 2.05) is 59.9 Å². The number of allylic oxidation sites excluding steroid dienone is 1. The van der Waals surface area contributed by atoms with E-state index in [0.29, 0.717) is 41.0 Å². The summed E-state index contributed by atoms with van der Waals surface area (Å²) in [5, 5.41) is 12.4. The average Bonchev–Trinajstić information content (AvgIpc) is 2.98. The molecule has 12 heteroatoms. The number of amides is 1. The van der Waals surface area contributed by atoms with Gasteiger partial charge in [-0.25, -0.2) is 13.1 Å². The van der Waals surface area contributed by atoms with E-state index >= 15 is 0 Å². The summed E-state index contributed by atoms with van der Waals surface area (Å²) < 4.78 is 38.1. The molecule has 8 nitrogen and oxygen atoms in total. The smallest absolute Gasteiger partial charge is 0.255 e. The Bertz CT molecular complexity index is 1460. The highest BCUT2D eigenvalue weighted by Crippen LogP contribution is 2.37. The number of nitrogens with one attached hydrogen (secondary N) is 2. The molecule has 1 aliphatic heterocycles. The minimum atomic E-state index is -2.46. The molecule has 1 amide bonds. The summed E-state index contributed by atoms with van der Waals surface area (Å²) in [6.07, 6.45) is 0.998. The molecule has 0 spiro atoms. The van der Waals surface area contributed by atoms with Crippen LogP contribution in [0.1, 0.15) is 11.1 Å². The van der Waals surface area contributed by atoms with E-state index < -0.39 is 13.0 Å². The van der Waals surface area contributed by atoms with Crippen molar-refractivity contribution in [3.05, 3.63) is 88.6 Å². The van der Waals surface area contributed by atoms with Crippen LogP contribution in [0.4, 0.5) is 20.2 Å². The normalized spacial score (nSPS) is 12.9. The second kappa shape index (κ2) is 14.9. The highest BCUT2D eigenvalue weighted by Gasteiger charge is 2.18. The summed E-state index contributed by atoms with van der Waals surface area (Å²) in [6, 6.07) is 18.5. The molecule has 0 aliphatic carbocycles. The lowest BCUT2D eigenvalue weighted by molar-refractivity contribution is -0.115. The van der Waals surface area contributed by atoms with Gasteiger partial charge in [-0.2, -0.15) is 5.10 Å². The van der Waals surface area contributed by atoms with Crippen LogP contribution in [0, 0.1) is 0 Å². The first-order chi connectivity index (χ1) is 20.2. The lowest BCUT2D eigenvalue weighted by Gasteiger charge is -2.26. The van der Waals surface area contributed by atoms with E-state index in [1.165, 1.54) is 18.2 Å². The first kappa shape index (κ1) is 31.1. The molecule has 1 heterocycles. The van der Waals surface area contributed by atoms with Crippen LogP contribution in [-0.4, -0.2) is 57.2 Å². The molecule has 0 saturated carbocycles. The summed E-state index contributed by atoms with van der Waals surface area (Å²) in [7, 11) is 5.17. The van der Waals surface area contributed by atoms with Crippen LogP contribution in [0.15, 0.2) is 82.4 Å². The Morgan fingerprint density at radius 2 is 1.93 bits per heavy atom. The van der Waals surface area contributed by atoms with Gasteiger partial charge in [0.25, 0.3) is 6.43 Å². The number of carbonyl (C=O) groups is 1. The van der Waals surface area contributed by atoms with Gasteiger partial charge in [-0.05, 0) is 61.0 Å². The number of anilines is 2. The van der Waals surface area contributed by atoms with E-state index in [-0.39, 0.29) is 12.3 Å². The zero-order chi connectivity index (χ0) is 30.1. The van der Waals surface area contributed by atoms with Crippen molar-refractivity contribution in [3.63, 3.8) is 0 Å². The maximum absolute atomic E-state index is 12.9. The lowest BCUT2D eigenvalue weighted by Crippen LogP contribution is -2.28. The molecular weight excluding hydrogens is 584 g/mol. The fourth-order valence-electron chi connectivity index (χ4n) is 4.21. The third-order valence-corrected chi connectivity index (χ3v) is 7.59. The van der Waals surface area contributed by atoms with Crippen molar-refractivity contribution in [2.24, 2.45) is 5.10 Å². The molecule has 2 N–H and O–H groups in total. The van der Waals surface area contributed by atoms with Crippen molar-refractivity contribution in [1.29, 1.82) is 0 Å². The highest BCUT2D eigenvalue weighted by molar-refractivity contribution is 7.97. The predicted molar refractivity (Wildman–Crippen MR) is 165 cm³/mol. The standard InChI is InChI=1S/C30H32ClF2N5O3S/c1-37(19-21-8-10-24(40-2)16-27(21)41-3)42-28-15-22(36-30(39)14-20-6-4-5-7-25(20)31)9-11-26(28)38-13-12-23(17-35-38)34-18-29(32)33/h4-12,15-17,29,34H,13-14,18-19H2,1-3H3,(H,36,39). The van der Waals surface area contributed by atoms with Gasteiger partial charge in [-0.1, -0.05) is 35.9 Å². The second-order valence-corrected chi connectivity index (χ2v) is 11.0. The van der Waals surface area contributed by atoms with Gasteiger partial charge in [0.1, 0.15) is 11.5 Å².